The Hall–Kier alpha value is -1.13. The van der Waals surface area contributed by atoms with Crippen LogP contribution in [-0.2, 0) is 5.41 Å². The summed E-state index contributed by atoms with van der Waals surface area (Å²) in [6, 6.07) is 2.00. The van der Waals surface area contributed by atoms with E-state index in [1.807, 2.05) is 6.07 Å². The molecule has 3 rings (SSSR count). The maximum atomic E-state index is 12.2. The van der Waals surface area contributed by atoms with Gasteiger partial charge < -0.3 is 10.3 Å². The molecule has 1 aliphatic carbocycles. The van der Waals surface area contributed by atoms with Crippen LogP contribution < -0.4 is 10.9 Å². The number of pyridine rings is 1. The van der Waals surface area contributed by atoms with Crippen molar-refractivity contribution in [2.45, 2.75) is 44.4 Å². The first-order chi connectivity index (χ1) is 8.99. The maximum absolute atomic E-state index is 12.2. The van der Waals surface area contributed by atoms with E-state index in [-0.39, 0.29) is 29.2 Å². The van der Waals surface area contributed by atoms with Gasteiger partial charge in [0.05, 0.1) is 5.69 Å². The third-order valence-corrected chi connectivity index (χ3v) is 4.46. The Kier molecular flexibility index (Phi) is 4.07. The molecule has 1 fully saturated rings. The number of carbonyl (C=O) groups is 1. The summed E-state index contributed by atoms with van der Waals surface area (Å²) in [4.78, 5) is 27.0. The predicted octanol–water partition coefficient (Wildman–Crippen LogP) is 2.13. The number of H-pyrrole nitrogens is 1. The first kappa shape index (κ1) is 15.3. The molecule has 1 aliphatic heterocycles. The van der Waals surface area contributed by atoms with Gasteiger partial charge in [-0.1, -0.05) is 13.8 Å². The predicted molar refractivity (Wildman–Crippen MR) is 81.1 cm³/mol. The van der Waals surface area contributed by atoms with Crippen molar-refractivity contribution in [3.63, 3.8) is 0 Å². The molecule has 2 heterocycles. The minimum atomic E-state index is -0.154. The highest BCUT2D eigenvalue weighted by atomic mass is 35.5. The molecule has 2 N–H and O–H groups in total. The van der Waals surface area contributed by atoms with Crippen LogP contribution in [0.4, 0.5) is 0 Å². The lowest BCUT2D eigenvalue weighted by Gasteiger charge is -2.24. The maximum Gasteiger partial charge on any atom is 0.251 e. The van der Waals surface area contributed by atoms with Gasteiger partial charge in [-0.05, 0) is 48.9 Å². The fraction of sp³-hybridized carbons (Fsp3) is 0.600. The number of hydrogen-bond acceptors (Lipinski definition) is 3. The summed E-state index contributed by atoms with van der Waals surface area (Å²) >= 11 is 0. The van der Waals surface area contributed by atoms with Crippen LogP contribution in [0.1, 0.15) is 60.6 Å². The lowest BCUT2D eigenvalue weighted by molar-refractivity contribution is 0.0975. The van der Waals surface area contributed by atoms with Crippen LogP contribution in [0.2, 0.25) is 0 Å². The molecule has 0 saturated carbocycles. The zero-order valence-corrected chi connectivity index (χ0v) is 12.7. The Morgan fingerprint density at radius 2 is 1.85 bits per heavy atom. The Labute approximate surface area is 124 Å². The summed E-state index contributed by atoms with van der Waals surface area (Å²) in [6.07, 6.45) is 2.49. The minimum Gasteiger partial charge on any atom is -0.319 e. The molecule has 2 aliphatic rings. The van der Waals surface area contributed by atoms with Crippen molar-refractivity contribution in [3.8, 4) is 0 Å². The third-order valence-electron chi connectivity index (χ3n) is 4.46. The fourth-order valence-corrected chi connectivity index (χ4v) is 3.32. The first-order valence-corrected chi connectivity index (χ1v) is 7.00. The van der Waals surface area contributed by atoms with Crippen molar-refractivity contribution in [3.05, 3.63) is 33.2 Å². The molecule has 0 amide bonds. The van der Waals surface area contributed by atoms with Gasteiger partial charge in [-0.2, -0.15) is 0 Å². The van der Waals surface area contributed by atoms with Crippen molar-refractivity contribution in [1.29, 1.82) is 0 Å². The van der Waals surface area contributed by atoms with E-state index < -0.39 is 0 Å². The molecular formula is C15H21ClN2O2. The van der Waals surface area contributed by atoms with Gasteiger partial charge in [-0.25, -0.2) is 0 Å². The van der Waals surface area contributed by atoms with Gasteiger partial charge >= 0.3 is 0 Å². The van der Waals surface area contributed by atoms with Gasteiger partial charge in [0, 0.05) is 12.0 Å². The van der Waals surface area contributed by atoms with E-state index in [4.69, 9.17) is 0 Å². The fourth-order valence-electron chi connectivity index (χ4n) is 3.32. The molecule has 20 heavy (non-hydrogen) atoms. The van der Waals surface area contributed by atoms with Crippen molar-refractivity contribution in [1.82, 2.24) is 10.3 Å². The average Bonchev–Trinajstić information content (AvgIpc) is 2.59. The number of piperidine rings is 1. The molecule has 0 unspecified atom stereocenters. The van der Waals surface area contributed by atoms with E-state index in [1.54, 1.807) is 0 Å². The summed E-state index contributed by atoms with van der Waals surface area (Å²) in [6.45, 7) is 6.07. The number of halogens is 1. The van der Waals surface area contributed by atoms with Gasteiger partial charge in [-0.3, -0.25) is 9.59 Å². The van der Waals surface area contributed by atoms with Gasteiger partial charge in [0.2, 0.25) is 0 Å². The van der Waals surface area contributed by atoms with Gasteiger partial charge in [0.1, 0.15) is 0 Å². The van der Waals surface area contributed by atoms with Crippen LogP contribution in [0.5, 0.6) is 0 Å². The molecule has 0 aromatic carbocycles. The Morgan fingerprint density at radius 3 is 2.50 bits per heavy atom. The molecule has 5 heteroatoms. The van der Waals surface area contributed by atoms with Crippen molar-refractivity contribution in [2.75, 3.05) is 13.1 Å². The number of nitrogens with one attached hydrogen (secondary N) is 2. The number of hydrogen-bond donors (Lipinski definition) is 2. The molecule has 0 spiro atoms. The molecular weight excluding hydrogens is 276 g/mol. The second kappa shape index (κ2) is 5.34. The Morgan fingerprint density at radius 1 is 1.20 bits per heavy atom. The SMILES string of the molecule is CC1(C)CC(=O)c2[nH]c(=O)c(C3CCNCC3)cc21.Cl. The Balaban J connectivity index is 0.00000147. The topological polar surface area (TPSA) is 62.0 Å². The Bertz CT molecular complexity index is 586. The smallest absolute Gasteiger partial charge is 0.251 e. The number of carbonyl (C=O) groups excluding carboxylic acids is 1. The number of aromatic amines is 1. The number of rotatable bonds is 1. The number of Topliss-reactive ketones (excluding diaryl/α,β-unsaturated/α-hetero) is 1. The highest BCUT2D eigenvalue weighted by Gasteiger charge is 2.37. The van der Waals surface area contributed by atoms with E-state index in [0.717, 1.165) is 37.1 Å². The van der Waals surface area contributed by atoms with Crippen LogP contribution in [0, 0.1) is 0 Å². The average molecular weight is 297 g/mol. The zero-order chi connectivity index (χ0) is 13.6. The summed E-state index contributed by atoms with van der Waals surface area (Å²) in [5.41, 5.74) is 2.19. The van der Waals surface area contributed by atoms with Gasteiger partial charge in [0.15, 0.2) is 5.78 Å². The molecule has 0 atom stereocenters. The lowest BCUT2D eigenvalue weighted by Crippen LogP contribution is -2.30. The second-order valence-electron chi connectivity index (χ2n) is 6.35. The van der Waals surface area contributed by atoms with E-state index in [9.17, 15) is 9.59 Å². The lowest BCUT2D eigenvalue weighted by atomic mass is 9.84. The van der Waals surface area contributed by atoms with Gasteiger partial charge in [-0.15, -0.1) is 12.4 Å². The monoisotopic (exact) mass is 296 g/mol. The van der Waals surface area contributed by atoms with Gasteiger partial charge in [0.25, 0.3) is 5.56 Å². The molecule has 1 saturated heterocycles. The van der Waals surface area contributed by atoms with Crippen molar-refractivity contribution >= 4 is 18.2 Å². The summed E-state index contributed by atoms with van der Waals surface area (Å²) in [5, 5.41) is 3.31. The van der Waals surface area contributed by atoms with E-state index in [1.165, 1.54) is 0 Å². The molecule has 0 radical (unpaired) electrons. The highest BCUT2D eigenvalue weighted by Crippen LogP contribution is 2.38. The summed E-state index contributed by atoms with van der Waals surface area (Å²) < 4.78 is 0. The van der Waals surface area contributed by atoms with Crippen LogP contribution in [0.3, 0.4) is 0 Å². The standard InChI is InChI=1S/C15H20N2O2.ClH/c1-15(2)8-12(18)13-11(15)7-10(14(19)17-13)9-3-5-16-6-4-9;/h7,9,16H,3-6,8H2,1-2H3,(H,17,19);1H. The van der Waals surface area contributed by atoms with E-state index >= 15 is 0 Å². The van der Waals surface area contributed by atoms with E-state index in [2.05, 4.69) is 24.1 Å². The van der Waals surface area contributed by atoms with Crippen LogP contribution in [0.15, 0.2) is 10.9 Å². The summed E-state index contributed by atoms with van der Waals surface area (Å²) in [5.74, 6) is 0.385. The molecule has 1 aromatic heterocycles. The summed E-state index contributed by atoms with van der Waals surface area (Å²) in [7, 11) is 0. The number of ketones is 1. The largest absolute Gasteiger partial charge is 0.319 e. The normalized spacial score (nSPS) is 21.4. The van der Waals surface area contributed by atoms with Crippen LogP contribution in [-0.4, -0.2) is 23.9 Å². The third kappa shape index (κ3) is 2.42. The van der Waals surface area contributed by atoms with Crippen molar-refractivity contribution in [2.24, 2.45) is 0 Å². The molecule has 1 aromatic rings. The highest BCUT2D eigenvalue weighted by molar-refractivity contribution is 6.00. The number of fused-ring (bicyclic) bond motifs is 1. The molecule has 110 valence electrons. The zero-order valence-electron chi connectivity index (χ0n) is 11.9. The van der Waals surface area contributed by atoms with Crippen LogP contribution >= 0.6 is 12.4 Å². The van der Waals surface area contributed by atoms with E-state index in [0.29, 0.717) is 18.0 Å². The minimum absolute atomic E-state index is 0. The van der Waals surface area contributed by atoms with Crippen LogP contribution in [0.25, 0.3) is 0 Å². The number of aromatic nitrogens is 1. The molecule has 0 bridgehead atoms. The molecule has 4 nitrogen and oxygen atoms in total. The first-order valence-electron chi connectivity index (χ1n) is 7.00. The van der Waals surface area contributed by atoms with Crippen molar-refractivity contribution < 1.29 is 4.79 Å². The quantitative estimate of drug-likeness (QED) is 0.834. The second-order valence-corrected chi connectivity index (χ2v) is 6.35.